The highest BCUT2D eigenvalue weighted by atomic mass is 35.5. The van der Waals surface area contributed by atoms with Crippen LogP contribution in [0.3, 0.4) is 0 Å². The number of carbonyl (C=O) groups excluding carboxylic acids is 1. The molecule has 0 radical (unpaired) electrons. The molecule has 1 aromatic heterocycles. The Kier molecular flexibility index (Phi) is 8.32. The SMILES string of the molecule is COCCN1CCN(c2ccc(S(=O)(=O)[C@@H]3C[C@@H](C(=O)O)N(C(=O)C4(c5ccc(Cl)nc5)CC4)C3)c(Cl)c2)CC1. The van der Waals surface area contributed by atoms with Gasteiger partial charge in [0.05, 0.1) is 27.2 Å². The second-order valence-electron chi connectivity index (χ2n) is 10.6. The molecule has 1 aromatic carbocycles. The molecule has 1 N–H and O–H groups in total. The lowest BCUT2D eigenvalue weighted by molar-refractivity contribution is -0.149. The number of aromatic nitrogens is 1. The van der Waals surface area contributed by atoms with Crippen molar-refractivity contribution < 1.29 is 27.9 Å². The number of amides is 1. The van der Waals surface area contributed by atoms with Gasteiger partial charge in [0, 0.05) is 58.3 Å². The number of nitrogens with zero attached hydrogens (tertiary/aromatic N) is 4. The molecule has 3 aliphatic rings. The third-order valence-corrected chi connectivity index (χ3v) is 11.1. The number of halogens is 2. The number of likely N-dealkylation sites (tertiary alicyclic amines) is 1. The number of carbonyl (C=O) groups is 2. The Balaban J connectivity index is 1.32. The lowest BCUT2D eigenvalue weighted by Crippen LogP contribution is -2.47. The third-order valence-electron chi connectivity index (χ3n) is 8.26. The largest absolute Gasteiger partial charge is 0.480 e. The molecule has 1 saturated carbocycles. The fourth-order valence-electron chi connectivity index (χ4n) is 5.71. The fraction of sp³-hybridized carbons (Fsp3) is 0.519. The summed E-state index contributed by atoms with van der Waals surface area (Å²) in [7, 11) is -2.34. The molecule has 0 bridgehead atoms. The molecule has 1 amide bonds. The predicted octanol–water partition coefficient (Wildman–Crippen LogP) is 2.72. The zero-order valence-electron chi connectivity index (χ0n) is 22.1. The number of aliphatic carboxylic acids is 1. The Morgan fingerprint density at radius 1 is 1.12 bits per heavy atom. The lowest BCUT2D eigenvalue weighted by atomic mass is 9.95. The number of hydrogen-bond acceptors (Lipinski definition) is 8. The van der Waals surface area contributed by atoms with E-state index in [2.05, 4.69) is 14.8 Å². The van der Waals surface area contributed by atoms with E-state index in [1.807, 2.05) is 0 Å². The Bertz CT molecular complexity index is 1380. The van der Waals surface area contributed by atoms with E-state index in [4.69, 9.17) is 27.9 Å². The minimum Gasteiger partial charge on any atom is -0.480 e. The van der Waals surface area contributed by atoms with E-state index in [1.165, 1.54) is 17.2 Å². The quantitative estimate of drug-likeness (QED) is 0.427. The zero-order valence-corrected chi connectivity index (χ0v) is 24.5. The van der Waals surface area contributed by atoms with Gasteiger partial charge in [0.2, 0.25) is 5.91 Å². The van der Waals surface area contributed by atoms with Crippen LogP contribution < -0.4 is 4.90 Å². The number of sulfone groups is 1. The van der Waals surface area contributed by atoms with Crippen molar-refractivity contribution in [2.24, 2.45) is 0 Å². The van der Waals surface area contributed by atoms with Gasteiger partial charge in [0.1, 0.15) is 11.2 Å². The first-order valence-corrected chi connectivity index (χ1v) is 15.5. The Labute approximate surface area is 243 Å². The van der Waals surface area contributed by atoms with Crippen LogP contribution in [0.25, 0.3) is 0 Å². The van der Waals surface area contributed by atoms with Crippen LogP contribution in [0.2, 0.25) is 10.2 Å². The molecule has 13 heteroatoms. The second-order valence-corrected chi connectivity index (χ2v) is 13.6. The van der Waals surface area contributed by atoms with Crippen molar-refractivity contribution in [1.82, 2.24) is 14.8 Å². The van der Waals surface area contributed by atoms with Crippen LogP contribution in [0.1, 0.15) is 24.8 Å². The predicted molar refractivity (Wildman–Crippen MR) is 151 cm³/mol. The molecular weight excluding hydrogens is 579 g/mol. The fourth-order valence-corrected chi connectivity index (χ4v) is 8.06. The molecule has 40 heavy (non-hydrogen) atoms. The van der Waals surface area contributed by atoms with Gasteiger partial charge in [-0.05, 0) is 49.1 Å². The van der Waals surface area contributed by atoms with Crippen molar-refractivity contribution in [1.29, 1.82) is 0 Å². The summed E-state index contributed by atoms with van der Waals surface area (Å²) >= 11 is 12.4. The summed E-state index contributed by atoms with van der Waals surface area (Å²) in [5.74, 6) is -1.63. The summed E-state index contributed by atoms with van der Waals surface area (Å²) < 4.78 is 32.6. The first kappa shape index (κ1) is 29.1. The van der Waals surface area contributed by atoms with Crippen LogP contribution >= 0.6 is 23.2 Å². The standard InChI is InChI=1S/C27H32Cl2N4O6S/c1-39-13-12-31-8-10-32(11-9-31)19-3-4-23(21(28)14-19)40(37,38)20-15-22(25(34)35)33(17-20)26(36)27(6-7-27)18-2-5-24(29)30-16-18/h2-5,14,16,20,22H,6-13,15,17H2,1H3,(H,34,35)/t20-,22+/m1/s1. The number of anilines is 1. The minimum atomic E-state index is -4.02. The van der Waals surface area contributed by atoms with Gasteiger partial charge < -0.3 is 19.6 Å². The van der Waals surface area contributed by atoms with Gasteiger partial charge >= 0.3 is 5.97 Å². The van der Waals surface area contributed by atoms with Gasteiger partial charge in [0.25, 0.3) is 0 Å². The number of carboxylic acids is 1. The number of rotatable bonds is 9. The Morgan fingerprint density at radius 3 is 2.42 bits per heavy atom. The number of benzene rings is 1. The van der Waals surface area contributed by atoms with Crippen LogP contribution in [0.4, 0.5) is 5.69 Å². The average Bonchev–Trinajstić information content (AvgIpc) is 3.61. The first-order valence-electron chi connectivity index (χ1n) is 13.2. The van der Waals surface area contributed by atoms with Crippen LogP contribution in [-0.2, 0) is 29.6 Å². The topological polar surface area (TPSA) is 120 Å². The summed E-state index contributed by atoms with van der Waals surface area (Å²) in [4.78, 5) is 35.5. The molecule has 2 saturated heterocycles. The number of hydrogen-bond donors (Lipinski definition) is 1. The molecule has 1 aliphatic carbocycles. The highest BCUT2D eigenvalue weighted by Crippen LogP contribution is 2.50. The average molecular weight is 612 g/mol. The normalized spacial score (nSPS) is 22.9. The highest BCUT2D eigenvalue weighted by molar-refractivity contribution is 7.92. The summed E-state index contributed by atoms with van der Waals surface area (Å²) in [5.41, 5.74) is 0.571. The summed E-state index contributed by atoms with van der Waals surface area (Å²) in [6.07, 6.45) is 2.38. The van der Waals surface area contributed by atoms with Crippen molar-refractivity contribution in [2.75, 3.05) is 57.9 Å². The second kappa shape index (κ2) is 11.4. The molecule has 216 valence electrons. The number of pyridine rings is 1. The van der Waals surface area contributed by atoms with Gasteiger partial charge in [-0.15, -0.1) is 0 Å². The van der Waals surface area contributed by atoms with E-state index in [0.717, 1.165) is 38.4 Å². The number of methoxy groups -OCH3 is 1. The molecule has 5 rings (SSSR count). The van der Waals surface area contributed by atoms with Gasteiger partial charge in [0.15, 0.2) is 9.84 Å². The zero-order chi connectivity index (χ0) is 28.7. The molecule has 0 unspecified atom stereocenters. The van der Waals surface area contributed by atoms with Crippen LogP contribution in [0, 0.1) is 0 Å². The maximum atomic E-state index is 13.7. The molecule has 2 aliphatic heterocycles. The smallest absolute Gasteiger partial charge is 0.326 e. The number of piperazine rings is 1. The lowest BCUT2D eigenvalue weighted by Gasteiger charge is -2.36. The minimum absolute atomic E-state index is 0.0527. The Hall–Kier alpha value is -2.44. The van der Waals surface area contributed by atoms with E-state index in [1.54, 1.807) is 31.4 Å². The number of ether oxygens (including phenoxy) is 1. The van der Waals surface area contributed by atoms with Crippen LogP contribution in [0.15, 0.2) is 41.4 Å². The van der Waals surface area contributed by atoms with Gasteiger partial charge in [-0.1, -0.05) is 29.3 Å². The van der Waals surface area contributed by atoms with E-state index < -0.39 is 38.4 Å². The van der Waals surface area contributed by atoms with Crippen molar-refractivity contribution >= 4 is 50.6 Å². The third kappa shape index (κ3) is 5.54. The van der Waals surface area contributed by atoms with Crippen molar-refractivity contribution in [3.63, 3.8) is 0 Å². The summed E-state index contributed by atoms with van der Waals surface area (Å²) in [6.45, 7) is 4.58. The number of carboxylic acid groups (broad SMARTS) is 1. The molecule has 10 nitrogen and oxygen atoms in total. The summed E-state index contributed by atoms with van der Waals surface area (Å²) in [5, 5.41) is 9.20. The summed E-state index contributed by atoms with van der Waals surface area (Å²) in [6, 6.07) is 6.93. The van der Waals surface area contributed by atoms with E-state index in [9.17, 15) is 23.1 Å². The van der Waals surface area contributed by atoms with Gasteiger partial charge in [-0.25, -0.2) is 18.2 Å². The molecule has 0 spiro atoms. The highest BCUT2D eigenvalue weighted by Gasteiger charge is 2.57. The van der Waals surface area contributed by atoms with Gasteiger partial charge in [-0.2, -0.15) is 0 Å². The van der Waals surface area contributed by atoms with E-state index >= 15 is 0 Å². The van der Waals surface area contributed by atoms with Crippen LogP contribution in [0.5, 0.6) is 0 Å². The molecule has 2 aromatic rings. The van der Waals surface area contributed by atoms with Crippen molar-refractivity contribution in [3.8, 4) is 0 Å². The van der Waals surface area contributed by atoms with Crippen molar-refractivity contribution in [3.05, 3.63) is 52.3 Å². The van der Waals surface area contributed by atoms with Crippen LogP contribution in [-0.4, -0.2) is 104 Å². The van der Waals surface area contributed by atoms with E-state index in [0.29, 0.717) is 25.0 Å². The Morgan fingerprint density at radius 2 is 1.85 bits per heavy atom. The molecule has 2 atom stereocenters. The maximum absolute atomic E-state index is 13.7. The van der Waals surface area contributed by atoms with Crippen molar-refractivity contribution in [2.45, 2.75) is 40.9 Å². The van der Waals surface area contributed by atoms with Gasteiger partial charge in [-0.3, -0.25) is 9.69 Å². The maximum Gasteiger partial charge on any atom is 0.326 e. The molecule has 3 fully saturated rings. The molecule has 3 heterocycles. The monoisotopic (exact) mass is 610 g/mol. The first-order chi connectivity index (χ1) is 19.1. The molecular formula is C27H32Cl2N4O6S. The van der Waals surface area contributed by atoms with E-state index in [-0.39, 0.29) is 28.0 Å².